The lowest BCUT2D eigenvalue weighted by atomic mass is 10.0. The third kappa shape index (κ3) is 5.20. The highest BCUT2D eigenvalue weighted by Crippen LogP contribution is 2.18. The van der Waals surface area contributed by atoms with Gasteiger partial charge in [-0.15, -0.1) is 0 Å². The number of carbonyl (C=O) groups is 3. The normalized spacial score (nSPS) is 11.7. The third-order valence-electron chi connectivity index (χ3n) is 3.91. The molecule has 3 N–H and O–H groups in total. The number of hydrogen-bond donors (Lipinski definition) is 3. The van der Waals surface area contributed by atoms with Gasteiger partial charge in [0.2, 0.25) is 11.8 Å². The second-order valence-electron chi connectivity index (χ2n) is 6.13. The first-order valence-electron chi connectivity index (χ1n) is 8.19. The van der Waals surface area contributed by atoms with Crippen LogP contribution in [0.2, 0.25) is 0 Å². The fourth-order valence-corrected chi connectivity index (χ4v) is 2.58. The van der Waals surface area contributed by atoms with Crippen LogP contribution in [0.25, 0.3) is 0 Å². The Morgan fingerprint density at radius 2 is 1.81 bits per heavy atom. The molecule has 1 heterocycles. The Morgan fingerprint density at radius 1 is 1.15 bits per heavy atom. The zero-order valence-corrected chi connectivity index (χ0v) is 15.0. The van der Waals surface area contributed by atoms with Gasteiger partial charge in [-0.25, -0.2) is 4.79 Å². The van der Waals surface area contributed by atoms with Gasteiger partial charge in [0.05, 0.1) is 19.0 Å². The number of benzene rings is 1. The first-order chi connectivity index (χ1) is 12.3. The fraction of sp³-hybridized carbons (Fsp3) is 0.316. The molecule has 2 rings (SSSR count). The Balaban J connectivity index is 2.00. The monoisotopic (exact) mass is 358 g/mol. The maximum atomic E-state index is 12.3. The molecular weight excluding hydrogens is 336 g/mol. The summed E-state index contributed by atoms with van der Waals surface area (Å²) in [5.74, 6) is -0.933. The third-order valence-corrected chi connectivity index (χ3v) is 3.91. The number of amides is 2. The molecule has 26 heavy (non-hydrogen) atoms. The average molecular weight is 358 g/mol. The molecule has 2 aromatic rings. The van der Waals surface area contributed by atoms with Gasteiger partial charge in [0.1, 0.15) is 17.1 Å². The molecule has 138 valence electrons. The molecule has 0 saturated heterocycles. The molecule has 1 unspecified atom stereocenters. The Bertz CT molecular complexity index is 808. The second kappa shape index (κ2) is 8.33. The van der Waals surface area contributed by atoms with Gasteiger partial charge in [0.15, 0.2) is 0 Å². The van der Waals surface area contributed by atoms with E-state index >= 15 is 0 Å². The molecule has 1 atom stereocenters. The lowest BCUT2D eigenvalue weighted by molar-refractivity contribution is -0.123. The van der Waals surface area contributed by atoms with Gasteiger partial charge in [0.25, 0.3) is 0 Å². The molecule has 0 aliphatic rings. The molecule has 0 bridgehead atoms. The number of carbonyl (C=O) groups excluding carboxylic acids is 2. The molecule has 2 amide bonds. The van der Waals surface area contributed by atoms with Gasteiger partial charge in [-0.1, -0.05) is 29.8 Å². The predicted molar refractivity (Wildman–Crippen MR) is 94.6 cm³/mol. The summed E-state index contributed by atoms with van der Waals surface area (Å²) in [5.41, 5.74) is 2.00. The minimum Gasteiger partial charge on any atom is -0.478 e. The van der Waals surface area contributed by atoms with Crippen molar-refractivity contribution in [2.75, 3.05) is 0 Å². The molecule has 0 fully saturated rings. The van der Waals surface area contributed by atoms with Crippen molar-refractivity contribution < 1.29 is 23.9 Å². The van der Waals surface area contributed by atoms with Crippen LogP contribution in [0.5, 0.6) is 0 Å². The fourth-order valence-electron chi connectivity index (χ4n) is 2.58. The molecule has 0 saturated carbocycles. The average Bonchev–Trinajstić information content (AvgIpc) is 2.94. The number of hydrogen-bond acceptors (Lipinski definition) is 4. The first-order valence-corrected chi connectivity index (χ1v) is 8.19. The summed E-state index contributed by atoms with van der Waals surface area (Å²) in [7, 11) is 0. The van der Waals surface area contributed by atoms with E-state index in [0.717, 1.165) is 11.1 Å². The highest BCUT2D eigenvalue weighted by molar-refractivity contribution is 5.88. The molecule has 0 aliphatic carbocycles. The summed E-state index contributed by atoms with van der Waals surface area (Å²) in [6.07, 6.45) is 0.0636. The Labute approximate surface area is 151 Å². The van der Waals surface area contributed by atoms with Crippen LogP contribution in [0.3, 0.4) is 0 Å². The Morgan fingerprint density at radius 3 is 2.35 bits per heavy atom. The van der Waals surface area contributed by atoms with Gasteiger partial charge in [-0.3, -0.25) is 9.59 Å². The van der Waals surface area contributed by atoms with E-state index in [2.05, 4.69) is 10.6 Å². The number of aryl methyl sites for hydroxylation is 2. The minimum absolute atomic E-state index is 0.0636. The molecule has 7 heteroatoms. The van der Waals surface area contributed by atoms with Crippen molar-refractivity contribution in [2.45, 2.75) is 39.8 Å². The number of nitrogens with one attached hydrogen (secondary N) is 2. The molecule has 1 aromatic heterocycles. The number of carboxylic acid groups (broad SMARTS) is 1. The highest BCUT2D eigenvalue weighted by atomic mass is 16.4. The summed E-state index contributed by atoms with van der Waals surface area (Å²) < 4.78 is 5.33. The number of furan rings is 1. The van der Waals surface area contributed by atoms with Gasteiger partial charge < -0.3 is 20.2 Å². The van der Waals surface area contributed by atoms with Crippen molar-refractivity contribution in [1.29, 1.82) is 0 Å². The minimum atomic E-state index is -1.08. The summed E-state index contributed by atoms with van der Waals surface area (Å²) in [5, 5.41) is 14.5. The van der Waals surface area contributed by atoms with Gasteiger partial charge >= 0.3 is 5.97 Å². The van der Waals surface area contributed by atoms with E-state index in [9.17, 15) is 14.4 Å². The summed E-state index contributed by atoms with van der Waals surface area (Å²) in [4.78, 5) is 34.7. The van der Waals surface area contributed by atoms with Crippen molar-refractivity contribution in [3.05, 3.63) is 58.5 Å². The maximum Gasteiger partial charge on any atom is 0.339 e. The van der Waals surface area contributed by atoms with E-state index in [-0.39, 0.29) is 36.1 Å². The summed E-state index contributed by atoms with van der Waals surface area (Å²) >= 11 is 0. The van der Waals surface area contributed by atoms with Crippen molar-refractivity contribution >= 4 is 17.8 Å². The molecule has 0 radical (unpaired) electrons. The summed E-state index contributed by atoms with van der Waals surface area (Å²) in [6, 6.07) is 8.53. The van der Waals surface area contributed by atoms with Crippen LogP contribution in [0.1, 0.15) is 52.4 Å². The van der Waals surface area contributed by atoms with Crippen LogP contribution in [0.4, 0.5) is 0 Å². The van der Waals surface area contributed by atoms with E-state index in [4.69, 9.17) is 9.52 Å². The number of carboxylic acids is 1. The Hall–Kier alpha value is -3.09. The van der Waals surface area contributed by atoms with Crippen LogP contribution in [0.15, 0.2) is 34.7 Å². The van der Waals surface area contributed by atoms with Crippen molar-refractivity contribution in [3.63, 3.8) is 0 Å². The van der Waals surface area contributed by atoms with Crippen molar-refractivity contribution in [3.8, 4) is 0 Å². The van der Waals surface area contributed by atoms with Crippen LogP contribution in [-0.2, 0) is 16.1 Å². The van der Waals surface area contributed by atoms with E-state index in [1.165, 1.54) is 13.0 Å². The quantitative estimate of drug-likeness (QED) is 0.704. The van der Waals surface area contributed by atoms with Gasteiger partial charge in [0, 0.05) is 6.92 Å². The van der Waals surface area contributed by atoms with E-state index in [1.807, 2.05) is 31.2 Å². The number of aromatic carboxylic acids is 1. The van der Waals surface area contributed by atoms with Crippen molar-refractivity contribution in [2.24, 2.45) is 0 Å². The standard InChI is InChI=1S/C19H22N2O5/c1-11-4-6-14(7-5-11)17(21-13(3)22)9-18(23)20-10-15-8-16(19(24)25)12(2)26-15/h4-8,17H,9-10H2,1-3H3,(H,20,23)(H,21,22)(H,24,25). The molecule has 7 nitrogen and oxygen atoms in total. The predicted octanol–water partition coefficient (Wildman–Crippen LogP) is 2.48. The van der Waals surface area contributed by atoms with Crippen LogP contribution in [-0.4, -0.2) is 22.9 Å². The first kappa shape index (κ1) is 19.2. The lowest BCUT2D eigenvalue weighted by Crippen LogP contribution is -2.32. The highest BCUT2D eigenvalue weighted by Gasteiger charge is 2.18. The molecular formula is C19H22N2O5. The zero-order valence-electron chi connectivity index (χ0n) is 15.0. The van der Waals surface area contributed by atoms with Gasteiger partial charge in [-0.2, -0.15) is 0 Å². The molecule has 0 aliphatic heterocycles. The smallest absolute Gasteiger partial charge is 0.339 e. The van der Waals surface area contributed by atoms with Crippen LogP contribution >= 0.6 is 0 Å². The van der Waals surface area contributed by atoms with E-state index in [0.29, 0.717) is 5.76 Å². The van der Waals surface area contributed by atoms with Gasteiger partial charge in [-0.05, 0) is 25.5 Å². The lowest BCUT2D eigenvalue weighted by Gasteiger charge is -2.18. The van der Waals surface area contributed by atoms with Crippen molar-refractivity contribution in [1.82, 2.24) is 10.6 Å². The summed E-state index contributed by atoms with van der Waals surface area (Å²) in [6.45, 7) is 4.99. The molecule has 1 aromatic carbocycles. The van der Waals surface area contributed by atoms with E-state index in [1.54, 1.807) is 6.92 Å². The maximum absolute atomic E-state index is 12.3. The Kier molecular flexibility index (Phi) is 6.16. The van der Waals surface area contributed by atoms with E-state index < -0.39 is 12.0 Å². The molecule has 0 spiro atoms. The zero-order chi connectivity index (χ0) is 19.3. The van der Waals surface area contributed by atoms with Crippen LogP contribution in [0, 0.1) is 13.8 Å². The number of rotatable bonds is 7. The van der Waals surface area contributed by atoms with Crippen LogP contribution < -0.4 is 10.6 Å². The topological polar surface area (TPSA) is 109 Å². The second-order valence-corrected chi connectivity index (χ2v) is 6.13. The SMILES string of the molecule is CC(=O)NC(CC(=O)NCc1cc(C(=O)O)c(C)o1)c1ccc(C)cc1. The largest absolute Gasteiger partial charge is 0.478 e.